The van der Waals surface area contributed by atoms with Gasteiger partial charge >= 0.3 is 0 Å². The zero-order chi connectivity index (χ0) is 13.1. The van der Waals surface area contributed by atoms with Crippen molar-refractivity contribution in [3.63, 3.8) is 0 Å². The summed E-state index contributed by atoms with van der Waals surface area (Å²) in [6.07, 6.45) is 0. The molecule has 0 unspecified atom stereocenters. The molecule has 0 radical (unpaired) electrons. The van der Waals surface area contributed by atoms with E-state index in [1.165, 1.54) is 49.0 Å². The van der Waals surface area contributed by atoms with Crippen LogP contribution in [-0.4, -0.2) is 0 Å². The van der Waals surface area contributed by atoms with Gasteiger partial charge in [-0.05, 0) is 69.8 Å². The first-order chi connectivity index (χ1) is 9.15. The number of benzene rings is 4. The van der Waals surface area contributed by atoms with Crippen molar-refractivity contribution in [2.45, 2.75) is 20.8 Å². The average molecular weight is 244 g/mol. The molecule has 0 aliphatic heterocycles. The molecule has 0 atom stereocenters. The van der Waals surface area contributed by atoms with Gasteiger partial charge in [0.05, 0.1) is 0 Å². The molecule has 4 rings (SSSR count). The summed E-state index contributed by atoms with van der Waals surface area (Å²) in [4.78, 5) is 0. The van der Waals surface area contributed by atoms with Gasteiger partial charge in [-0.2, -0.15) is 0 Å². The van der Waals surface area contributed by atoms with E-state index in [1.54, 1.807) is 0 Å². The van der Waals surface area contributed by atoms with E-state index in [0.717, 1.165) is 0 Å². The van der Waals surface area contributed by atoms with Crippen LogP contribution in [0.25, 0.3) is 32.3 Å². The van der Waals surface area contributed by atoms with Gasteiger partial charge in [-0.1, -0.05) is 42.5 Å². The molecule has 0 heterocycles. The Morgan fingerprint density at radius 2 is 1.11 bits per heavy atom. The molecule has 0 saturated heterocycles. The summed E-state index contributed by atoms with van der Waals surface area (Å²) < 4.78 is 0. The predicted molar refractivity (Wildman–Crippen MR) is 84.4 cm³/mol. The third kappa shape index (κ3) is 1.34. The van der Waals surface area contributed by atoms with Crippen molar-refractivity contribution in [3.8, 4) is 0 Å². The fourth-order valence-corrected chi connectivity index (χ4v) is 3.46. The molecule has 0 heteroatoms. The monoisotopic (exact) mass is 244 g/mol. The van der Waals surface area contributed by atoms with Gasteiger partial charge in [-0.3, -0.25) is 0 Å². The molecule has 0 saturated carbocycles. The summed E-state index contributed by atoms with van der Waals surface area (Å²) in [6, 6.07) is 16.0. The largest absolute Gasteiger partial charge is 0.0551 e. The molecule has 0 bridgehead atoms. The second-order valence-corrected chi connectivity index (χ2v) is 5.70. The van der Waals surface area contributed by atoms with Crippen molar-refractivity contribution >= 4 is 32.3 Å². The van der Waals surface area contributed by atoms with Crippen molar-refractivity contribution in [2.75, 3.05) is 0 Å². The molecule has 0 aliphatic carbocycles. The lowest BCUT2D eigenvalue weighted by molar-refractivity contribution is 1.46. The van der Waals surface area contributed by atoms with Crippen molar-refractivity contribution in [3.05, 3.63) is 59.2 Å². The van der Waals surface area contributed by atoms with E-state index in [9.17, 15) is 0 Å². The van der Waals surface area contributed by atoms with Crippen LogP contribution in [0.5, 0.6) is 0 Å². The van der Waals surface area contributed by atoms with Crippen LogP contribution in [0.1, 0.15) is 16.7 Å². The van der Waals surface area contributed by atoms with Gasteiger partial charge in [0.2, 0.25) is 0 Å². The Morgan fingerprint density at radius 3 is 1.63 bits per heavy atom. The highest BCUT2D eigenvalue weighted by Gasteiger charge is 2.11. The van der Waals surface area contributed by atoms with Crippen LogP contribution in [0.3, 0.4) is 0 Å². The minimum atomic E-state index is 1.33. The van der Waals surface area contributed by atoms with E-state index in [1.807, 2.05) is 0 Å². The molecular formula is C19H16. The molecular weight excluding hydrogens is 228 g/mol. The summed E-state index contributed by atoms with van der Waals surface area (Å²) in [7, 11) is 0. The highest BCUT2D eigenvalue weighted by molar-refractivity contribution is 6.24. The van der Waals surface area contributed by atoms with E-state index in [0.29, 0.717) is 0 Å². The smallest absolute Gasteiger partial charge is 0.00215 e. The summed E-state index contributed by atoms with van der Waals surface area (Å²) in [6.45, 7) is 6.60. The predicted octanol–water partition coefficient (Wildman–Crippen LogP) is 5.51. The molecule has 0 aromatic heterocycles. The van der Waals surface area contributed by atoms with Crippen LogP contribution in [0, 0.1) is 20.8 Å². The van der Waals surface area contributed by atoms with Crippen LogP contribution in [0.15, 0.2) is 42.5 Å². The topological polar surface area (TPSA) is 0 Å². The molecule has 0 fully saturated rings. The Kier molecular flexibility index (Phi) is 1.98. The highest BCUT2D eigenvalue weighted by atomic mass is 14.1. The Hall–Kier alpha value is -2.08. The maximum atomic E-state index is 2.30. The Balaban J connectivity index is 2.44. The van der Waals surface area contributed by atoms with Crippen LogP contribution < -0.4 is 0 Å². The van der Waals surface area contributed by atoms with E-state index in [2.05, 4.69) is 63.2 Å². The molecule has 19 heavy (non-hydrogen) atoms. The first-order valence-corrected chi connectivity index (χ1v) is 6.80. The fraction of sp³-hybridized carbons (Fsp3) is 0.158. The van der Waals surface area contributed by atoms with Gasteiger partial charge in [-0.15, -0.1) is 0 Å². The SMILES string of the molecule is Cc1cc2ccc3c(C)cc(C)c4ccc(c1)c2c34. The Bertz CT molecular complexity index is 859. The molecule has 4 aromatic carbocycles. The molecule has 92 valence electrons. The highest BCUT2D eigenvalue weighted by Crippen LogP contribution is 2.37. The lowest BCUT2D eigenvalue weighted by atomic mass is 9.89. The summed E-state index contributed by atoms with van der Waals surface area (Å²) in [5, 5.41) is 8.36. The van der Waals surface area contributed by atoms with Crippen molar-refractivity contribution in [1.29, 1.82) is 0 Å². The number of hydrogen-bond donors (Lipinski definition) is 0. The number of rotatable bonds is 0. The minimum Gasteiger partial charge on any atom is -0.0551 e. The minimum absolute atomic E-state index is 1.33. The molecule has 0 N–H and O–H groups in total. The van der Waals surface area contributed by atoms with Crippen molar-refractivity contribution in [1.82, 2.24) is 0 Å². The maximum Gasteiger partial charge on any atom is -0.00215 e. The van der Waals surface area contributed by atoms with Crippen molar-refractivity contribution < 1.29 is 0 Å². The van der Waals surface area contributed by atoms with Crippen LogP contribution in [0.2, 0.25) is 0 Å². The van der Waals surface area contributed by atoms with E-state index < -0.39 is 0 Å². The Morgan fingerprint density at radius 1 is 0.579 bits per heavy atom. The summed E-state index contributed by atoms with van der Waals surface area (Å²) in [5.74, 6) is 0. The van der Waals surface area contributed by atoms with E-state index in [-0.39, 0.29) is 0 Å². The average Bonchev–Trinajstić information content (AvgIpc) is 2.37. The van der Waals surface area contributed by atoms with Gasteiger partial charge in [-0.25, -0.2) is 0 Å². The lowest BCUT2D eigenvalue weighted by Gasteiger charge is -2.14. The first kappa shape index (κ1) is 10.8. The number of aryl methyl sites for hydroxylation is 3. The third-order valence-corrected chi connectivity index (χ3v) is 4.27. The second-order valence-electron chi connectivity index (χ2n) is 5.70. The molecule has 0 nitrogen and oxygen atoms in total. The third-order valence-electron chi connectivity index (χ3n) is 4.27. The lowest BCUT2D eigenvalue weighted by Crippen LogP contribution is -1.89. The first-order valence-electron chi connectivity index (χ1n) is 6.80. The summed E-state index contributed by atoms with van der Waals surface area (Å²) in [5.41, 5.74) is 4.08. The second kappa shape index (κ2) is 3.48. The normalized spacial score (nSPS) is 11.9. The van der Waals surface area contributed by atoms with Crippen LogP contribution in [-0.2, 0) is 0 Å². The standard InChI is InChI=1S/C19H16/c1-11-8-14-4-6-16-12(2)10-13(3)17-7-5-15(9-11)18(14)19(16)17/h4-10H,1-3H3. The van der Waals surface area contributed by atoms with Crippen molar-refractivity contribution in [2.24, 2.45) is 0 Å². The molecule has 4 aromatic rings. The quantitative estimate of drug-likeness (QED) is 0.358. The van der Waals surface area contributed by atoms with Gasteiger partial charge in [0, 0.05) is 0 Å². The Labute approximate surface area is 113 Å². The number of hydrogen-bond acceptors (Lipinski definition) is 0. The molecule has 0 aliphatic rings. The van der Waals surface area contributed by atoms with E-state index >= 15 is 0 Å². The molecule has 0 amide bonds. The van der Waals surface area contributed by atoms with Gasteiger partial charge < -0.3 is 0 Å². The summed E-state index contributed by atoms with van der Waals surface area (Å²) >= 11 is 0. The fourth-order valence-electron chi connectivity index (χ4n) is 3.46. The zero-order valence-corrected chi connectivity index (χ0v) is 11.5. The van der Waals surface area contributed by atoms with Crippen LogP contribution >= 0.6 is 0 Å². The zero-order valence-electron chi connectivity index (χ0n) is 11.5. The van der Waals surface area contributed by atoms with Gasteiger partial charge in [0.25, 0.3) is 0 Å². The van der Waals surface area contributed by atoms with Crippen LogP contribution in [0.4, 0.5) is 0 Å². The van der Waals surface area contributed by atoms with E-state index in [4.69, 9.17) is 0 Å². The maximum absolute atomic E-state index is 2.30. The van der Waals surface area contributed by atoms with Gasteiger partial charge in [0.1, 0.15) is 0 Å². The molecule has 0 spiro atoms. The van der Waals surface area contributed by atoms with Gasteiger partial charge in [0.15, 0.2) is 0 Å².